The average Bonchev–Trinajstić information content (AvgIpc) is 3.05. The molecular formula is C21H20FNO3. The highest BCUT2D eigenvalue weighted by molar-refractivity contribution is 6.00. The molecule has 1 aromatic heterocycles. The quantitative estimate of drug-likeness (QED) is 0.504. The second-order valence-corrected chi connectivity index (χ2v) is 6.22. The number of halogens is 1. The van der Waals surface area contributed by atoms with E-state index < -0.39 is 17.9 Å². The van der Waals surface area contributed by atoms with E-state index >= 15 is 0 Å². The molecule has 1 heterocycles. The minimum atomic E-state index is -0.888. The molecular weight excluding hydrogens is 333 g/mol. The van der Waals surface area contributed by atoms with Gasteiger partial charge in [-0.2, -0.15) is 0 Å². The molecule has 0 fully saturated rings. The Morgan fingerprint density at radius 2 is 1.85 bits per heavy atom. The van der Waals surface area contributed by atoms with Crippen LogP contribution in [0.1, 0.15) is 35.7 Å². The zero-order valence-electron chi connectivity index (χ0n) is 14.5. The van der Waals surface area contributed by atoms with Gasteiger partial charge in [-0.3, -0.25) is 9.59 Å². The van der Waals surface area contributed by atoms with Gasteiger partial charge in [0.15, 0.2) is 6.10 Å². The fraction of sp³-hybridized carbons (Fsp3) is 0.238. The number of ketones is 1. The number of carbonyl (C=O) groups is 2. The summed E-state index contributed by atoms with van der Waals surface area (Å²) in [4.78, 5) is 27.4. The van der Waals surface area contributed by atoms with Crippen molar-refractivity contribution in [3.05, 3.63) is 71.7 Å². The van der Waals surface area contributed by atoms with Crippen molar-refractivity contribution < 1.29 is 18.7 Å². The third kappa shape index (κ3) is 4.17. The standard InChI is InChI=1S/C21H20FNO3/c1-14(21(25)15-9-11-17(22)12-10-15)26-20(24)8-4-5-16-13-23-19-7-3-2-6-18(16)19/h2-3,6-7,9-14,23H,4-5,8H2,1H3. The summed E-state index contributed by atoms with van der Waals surface area (Å²) >= 11 is 0. The lowest BCUT2D eigenvalue weighted by atomic mass is 10.1. The molecule has 1 unspecified atom stereocenters. The van der Waals surface area contributed by atoms with Crippen molar-refractivity contribution in [1.29, 1.82) is 0 Å². The normalized spacial score (nSPS) is 12.1. The highest BCUT2D eigenvalue weighted by atomic mass is 19.1. The van der Waals surface area contributed by atoms with E-state index in [1.165, 1.54) is 31.2 Å². The maximum absolute atomic E-state index is 12.9. The number of fused-ring (bicyclic) bond motifs is 1. The molecule has 0 spiro atoms. The van der Waals surface area contributed by atoms with Gasteiger partial charge in [0.25, 0.3) is 0 Å². The number of Topliss-reactive ketones (excluding diaryl/α,β-unsaturated/α-hetero) is 1. The topological polar surface area (TPSA) is 59.2 Å². The minimum absolute atomic E-state index is 0.237. The summed E-state index contributed by atoms with van der Waals surface area (Å²) in [5.74, 6) is -1.16. The van der Waals surface area contributed by atoms with E-state index in [1.807, 2.05) is 30.5 Å². The zero-order chi connectivity index (χ0) is 18.5. The van der Waals surface area contributed by atoms with Crippen molar-refractivity contribution >= 4 is 22.7 Å². The lowest BCUT2D eigenvalue weighted by molar-refractivity contribution is -0.146. The van der Waals surface area contributed by atoms with Crippen molar-refractivity contribution in [2.45, 2.75) is 32.3 Å². The molecule has 2 aromatic carbocycles. The SMILES string of the molecule is CC(OC(=O)CCCc1c[nH]c2ccccc12)C(=O)c1ccc(F)cc1. The van der Waals surface area contributed by atoms with Crippen LogP contribution in [0.4, 0.5) is 4.39 Å². The number of hydrogen-bond donors (Lipinski definition) is 1. The van der Waals surface area contributed by atoms with Crippen molar-refractivity contribution in [2.75, 3.05) is 0 Å². The Hall–Kier alpha value is -2.95. The summed E-state index contributed by atoms with van der Waals surface area (Å²) in [5.41, 5.74) is 2.55. The molecule has 0 aliphatic heterocycles. The highest BCUT2D eigenvalue weighted by Crippen LogP contribution is 2.19. The zero-order valence-corrected chi connectivity index (χ0v) is 14.5. The van der Waals surface area contributed by atoms with Gasteiger partial charge in [-0.1, -0.05) is 18.2 Å². The molecule has 0 aliphatic rings. The Balaban J connectivity index is 1.49. The Kier molecular flexibility index (Phi) is 5.46. The second-order valence-electron chi connectivity index (χ2n) is 6.22. The molecule has 0 aliphatic carbocycles. The first-order valence-electron chi connectivity index (χ1n) is 8.59. The number of esters is 1. The van der Waals surface area contributed by atoms with E-state index in [2.05, 4.69) is 4.98 Å². The monoisotopic (exact) mass is 353 g/mol. The Morgan fingerprint density at radius 3 is 2.62 bits per heavy atom. The largest absolute Gasteiger partial charge is 0.454 e. The van der Waals surface area contributed by atoms with Crippen LogP contribution in [0.3, 0.4) is 0 Å². The van der Waals surface area contributed by atoms with E-state index in [0.717, 1.165) is 22.9 Å². The molecule has 0 amide bonds. The van der Waals surface area contributed by atoms with Crippen LogP contribution in [-0.4, -0.2) is 22.8 Å². The first-order valence-corrected chi connectivity index (χ1v) is 8.59. The molecule has 3 rings (SSSR count). The summed E-state index contributed by atoms with van der Waals surface area (Å²) in [5, 5.41) is 1.15. The van der Waals surface area contributed by atoms with Gasteiger partial charge in [-0.25, -0.2) is 4.39 Å². The smallest absolute Gasteiger partial charge is 0.306 e. The molecule has 3 aromatic rings. The molecule has 0 saturated heterocycles. The Labute approximate surface area is 151 Å². The summed E-state index contributed by atoms with van der Waals surface area (Å²) in [6, 6.07) is 13.2. The Bertz CT molecular complexity index is 914. The van der Waals surface area contributed by atoms with Crippen LogP contribution < -0.4 is 0 Å². The van der Waals surface area contributed by atoms with Crippen LogP contribution in [0.5, 0.6) is 0 Å². The van der Waals surface area contributed by atoms with E-state index in [1.54, 1.807) is 0 Å². The molecule has 1 atom stereocenters. The number of aryl methyl sites for hydroxylation is 1. The van der Waals surface area contributed by atoms with Gasteiger partial charge in [-0.15, -0.1) is 0 Å². The number of carbonyl (C=O) groups excluding carboxylic acids is 2. The molecule has 134 valence electrons. The number of hydrogen-bond acceptors (Lipinski definition) is 3. The number of nitrogens with one attached hydrogen (secondary N) is 1. The molecule has 5 heteroatoms. The predicted molar refractivity (Wildman–Crippen MR) is 97.5 cm³/mol. The molecule has 4 nitrogen and oxygen atoms in total. The summed E-state index contributed by atoms with van der Waals surface area (Å²) in [7, 11) is 0. The van der Waals surface area contributed by atoms with Crippen molar-refractivity contribution in [2.24, 2.45) is 0 Å². The van der Waals surface area contributed by atoms with Gasteiger partial charge in [0.05, 0.1) is 0 Å². The fourth-order valence-corrected chi connectivity index (χ4v) is 2.92. The van der Waals surface area contributed by atoms with Gasteiger partial charge < -0.3 is 9.72 Å². The van der Waals surface area contributed by atoms with Crippen LogP contribution in [-0.2, 0) is 16.0 Å². The van der Waals surface area contributed by atoms with Crippen LogP contribution in [0.15, 0.2) is 54.7 Å². The number of ether oxygens (including phenoxy) is 1. The van der Waals surface area contributed by atoms with Crippen LogP contribution in [0.25, 0.3) is 10.9 Å². The predicted octanol–water partition coefficient (Wildman–Crippen LogP) is 4.44. The van der Waals surface area contributed by atoms with Gasteiger partial charge >= 0.3 is 5.97 Å². The average molecular weight is 353 g/mol. The minimum Gasteiger partial charge on any atom is -0.454 e. The summed E-state index contributed by atoms with van der Waals surface area (Å²) in [6.07, 6.45) is 2.69. The van der Waals surface area contributed by atoms with Crippen LogP contribution in [0.2, 0.25) is 0 Å². The third-order valence-electron chi connectivity index (χ3n) is 4.31. The molecule has 0 radical (unpaired) electrons. The summed E-state index contributed by atoms with van der Waals surface area (Å²) in [6.45, 7) is 1.53. The van der Waals surface area contributed by atoms with E-state index in [0.29, 0.717) is 12.0 Å². The molecule has 0 saturated carbocycles. The third-order valence-corrected chi connectivity index (χ3v) is 4.31. The molecule has 1 N–H and O–H groups in total. The van der Waals surface area contributed by atoms with E-state index in [9.17, 15) is 14.0 Å². The number of aromatic amines is 1. The van der Waals surface area contributed by atoms with Crippen LogP contribution >= 0.6 is 0 Å². The fourth-order valence-electron chi connectivity index (χ4n) is 2.92. The van der Waals surface area contributed by atoms with Gasteiger partial charge in [-0.05, 0) is 55.7 Å². The number of H-pyrrole nitrogens is 1. The number of benzene rings is 2. The Morgan fingerprint density at radius 1 is 1.12 bits per heavy atom. The first kappa shape index (κ1) is 17.9. The number of rotatable bonds is 7. The second kappa shape index (κ2) is 7.95. The number of para-hydroxylation sites is 1. The number of aromatic nitrogens is 1. The van der Waals surface area contributed by atoms with Crippen molar-refractivity contribution in [1.82, 2.24) is 4.98 Å². The van der Waals surface area contributed by atoms with Crippen molar-refractivity contribution in [3.63, 3.8) is 0 Å². The van der Waals surface area contributed by atoms with Gasteiger partial charge in [0.2, 0.25) is 5.78 Å². The van der Waals surface area contributed by atoms with E-state index in [4.69, 9.17) is 4.74 Å². The van der Waals surface area contributed by atoms with Gasteiger partial charge in [0.1, 0.15) is 5.82 Å². The summed E-state index contributed by atoms with van der Waals surface area (Å²) < 4.78 is 18.1. The van der Waals surface area contributed by atoms with Gasteiger partial charge in [0, 0.05) is 29.1 Å². The van der Waals surface area contributed by atoms with Crippen LogP contribution in [0, 0.1) is 5.82 Å². The first-order chi connectivity index (χ1) is 12.5. The lowest BCUT2D eigenvalue weighted by Crippen LogP contribution is -2.24. The molecule has 26 heavy (non-hydrogen) atoms. The van der Waals surface area contributed by atoms with E-state index in [-0.39, 0.29) is 12.2 Å². The highest BCUT2D eigenvalue weighted by Gasteiger charge is 2.19. The van der Waals surface area contributed by atoms with Crippen molar-refractivity contribution in [3.8, 4) is 0 Å². The maximum Gasteiger partial charge on any atom is 0.306 e. The molecule has 0 bridgehead atoms. The maximum atomic E-state index is 12.9. The lowest BCUT2D eigenvalue weighted by Gasteiger charge is -2.12.